The van der Waals surface area contributed by atoms with Crippen molar-refractivity contribution >= 4 is 24.0 Å². The van der Waals surface area contributed by atoms with Crippen LogP contribution in [-0.4, -0.2) is 29.2 Å². The lowest BCUT2D eigenvalue weighted by molar-refractivity contribution is 0.166. The maximum Gasteiger partial charge on any atom is 0.0798 e. The number of hydrogen-bond donors (Lipinski definition) is 1. The van der Waals surface area contributed by atoms with Crippen molar-refractivity contribution in [1.82, 2.24) is 9.88 Å². The van der Waals surface area contributed by atoms with Gasteiger partial charge in [-0.15, -0.1) is 11.3 Å². The molecule has 0 bridgehead atoms. The molecule has 1 rings (SSSR count). The van der Waals surface area contributed by atoms with Crippen LogP contribution in [0.15, 0.2) is 5.51 Å². The SMILES string of the molecule is CCCC(CS)(CCC)CN(C)Cc1scnc1C. The maximum atomic E-state index is 4.64. The maximum absolute atomic E-state index is 4.64. The summed E-state index contributed by atoms with van der Waals surface area (Å²) in [6.45, 7) is 8.81. The molecule has 1 aromatic heterocycles. The molecule has 0 radical (unpaired) electrons. The van der Waals surface area contributed by atoms with Gasteiger partial charge in [0.15, 0.2) is 0 Å². The Morgan fingerprint density at radius 2 is 1.95 bits per heavy atom. The Morgan fingerprint density at radius 1 is 1.32 bits per heavy atom. The van der Waals surface area contributed by atoms with Gasteiger partial charge in [-0.25, -0.2) is 4.98 Å². The summed E-state index contributed by atoms with van der Waals surface area (Å²) >= 11 is 6.41. The van der Waals surface area contributed by atoms with Crippen LogP contribution in [0.1, 0.15) is 50.1 Å². The number of aryl methyl sites for hydroxylation is 1. The van der Waals surface area contributed by atoms with Crippen LogP contribution in [0.5, 0.6) is 0 Å². The van der Waals surface area contributed by atoms with Crippen LogP contribution < -0.4 is 0 Å². The van der Waals surface area contributed by atoms with E-state index in [1.807, 2.05) is 5.51 Å². The van der Waals surface area contributed by atoms with Gasteiger partial charge in [0.1, 0.15) is 0 Å². The Kier molecular flexibility index (Phi) is 7.40. The highest BCUT2D eigenvalue weighted by atomic mass is 32.1. The third-order valence-electron chi connectivity index (χ3n) is 3.76. The van der Waals surface area contributed by atoms with Gasteiger partial charge in [-0.3, -0.25) is 0 Å². The fourth-order valence-corrected chi connectivity index (χ4v) is 4.18. The molecule has 0 saturated heterocycles. The molecule has 0 amide bonds. The van der Waals surface area contributed by atoms with Gasteiger partial charge < -0.3 is 4.90 Å². The molecular formula is C15H28N2S2. The van der Waals surface area contributed by atoms with Gasteiger partial charge in [0.05, 0.1) is 11.2 Å². The van der Waals surface area contributed by atoms with Crippen molar-refractivity contribution in [3.63, 3.8) is 0 Å². The van der Waals surface area contributed by atoms with E-state index in [-0.39, 0.29) is 0 Å². The number of nitrogens with zero attached hydrogens (tertiary/aromatic N) is 2. The summed E-state index contributed by atoms with van der Waals surface area (Å²) < 4.78 is 0. The highest BCUT2D eigenvalue weighted by Crippen LogP contribution is 2.32. The van der Waals surface area contributed by atoms with Crippen molar-refractivity contribution in [2.24, 2.45) is 5.41 Å². The molecule has 2 nitrogen and oxygen atoms in total. The largest absolute Gasteiger partial charge is 0.301 e. The van der Waals surface area contributed by atoms with Crippen LogP contribution in [-0.2, 0) is 6.54 Å². The highest BCUT2D eigenvalue weighted by Gasteiger charge is 2.28. The monoisotopic (exact) mass is 300 g/mol. The van der Waals surface area contributed by atoms with Crippen molar-refractivity contribution in [2.45, 2.75) is 53.0 Å². The Hall–Kier alpha value is -0.0600. The van der Waals surface area contributed by atoms with Crippen LogP contribution in [0, 0.1) is 12.3 Å². The first kappa shape index (κ1) is 17.0. The van der Waals surface area contributed by atoms with Crippen molar-refractivity contribution in [3.05, 3.63) is 16.1 Å². The summed E-state index contributed by atoms with van der Waals surface area (Å²) in [4.78, 5) is 8.17. The molecule has 0 saturated carbocycles. The Bertz CT molecular complexity index is 357. The van der Waals surface area contributed by atoms with Gasteiger partial charge in [0, 0.05) is 18.0 Å². The third kappa shape index (κ3) is 5.09. The molecular weight excluding hydrogens is 272 g/mol. The van der Waals surface area contributed by atoms with E-state index in [1.165, 1.54) is 36.3 Å². The molecule has 0 N–H and O–H groups in total. The first-order chi connectivity index (χ1) is 9.06. The molecule has 0 aliphatic carbocycles. The predicted molar refractivity (Wildman–Crippen MR) is 89.3 cm³/mol. The topological polar surface area (TPSA) is 16.1 Å². The lowest BCUT2D eigenvalue weighted by Crippen LogP contribution is -2.37. The second-order valence-electron chi connectivity index (χ2n) is 5.69. The van der Waals surface area contributed by atoms with E-state index >= 15 is 0 Å². The van der Waals surface area contributed by atoms with E-state index in [1.54, 1.807) is 11.3 Å². The summed E-state index contributed by atoms with van der Waals surface area (Å²) in [5, 5.41) is 0. The molecule has 0 unspecified atom stereocenters. The molecule has 0 spiro atoms. The van der Waals surface area contributed by atoms with Gasteiger partial charge in [0.2, 0.25) is 0 Å². The smallest absolute Gasteiger partial charge is 0.0798 e. The van der Waals surface area contributed by atoms with E-state index in [9.17, 15) is 0 Å². The lowest BCUT2D eigenvalue weighted by Gasteiger charge is -2.36. The molecule has 1 aromatic rings. The number of aromatic nitrogens is 1. The fraction of sp³-hybridized carbons (Fsp3) is 0.800. The van der Waals surface area contributed by atoms with Crippen molar-refractivity contribution in [2.75, 3.05) is 19.3 Å². The highest BCUT2D eigenvalue weighted by molar-refractivity contribution is 7.80. The quantitative estimate of drug-likeness (QED) is 0.680. The minimum Gasteiger partial charge on any atom is -0.301 e. The minimum atomic E-state index is 0.375. The number of thiol groups is 1. The van der Waals surface area contributed by atoms with Crippen LogP contribution >= 0.6 is 24.0 Å². The zero-order valence-electron chi connectivity index (χ0n) is 12.8. The Labute approximate surface area is 128 Å². The van der Waals surface area contributed by atoms with Gasteiger partial charge in [-0.2, -0.15) is 12.6 Å². The Morgan fingerprint density at radius 3 is 2.37 bits per heavy atom. The molecule has 1 heterocycles. The molecule has 0 atom stereocenters. The minimum absolute atomic E-state index is 0.375. The summed E-state index contributed by atoms with van der Waals surface area (Å²) in [6, 6.07) is 0. The van der Waals surface area contributed by atoms with Crippen molar-refractivity contribution in [3.8, 4) is 0 Å². The molecule has 0 aliphatic rings. The van der Waals surface area contributed by atoms with E-state index in [2.05, 4.69) is 50.3 Å². The van der Waals surface area contributed by atoms with E-state index in [0.29, 0.717) is 5.41 Å². The summed E-state index contributed by atoms with van der Waals surface area (Å²) in [5.41, 5.74) is 3.50. The first-order valence-corrected chi connectivity index (χ1v) is 8.76. The zero-order chi connectivity index (χ0) is 14.3. The van der Waals surface area contributed by atoms with Crippen LogP contribution in [0.3, 0.4) is 0 Å². The van der Waals surface area contributed by atoms with Crippen molar-refractivity contribution in [1.29, 1.82) is 0 Å². The van der Waals surface area contributed by atoms with Gasteiger partial charge in [-0.05, 0) is 38.0 Å². The number of hydrogen-bond acceptors (Lipinski definition) is 4. The van der Waals surface area contributed by atoms with Gasteiger partial charge in [-0.1, -0.05) is 26.7 Å². The molecule has 0 aliphatic heterocycles. The van der Waals surface area contributed by atoms with Crippen LogP contribution in [0.4, 0.5) is 0 Å². The molecule has 0 aromatic carbocycles. The summed E-state index contributed by atoms with van der Waals surface area (Å²) in [6.07, 6.45) is 5.04. The molecule has 4 heteroatoms. The third-order valence-corrected chi connectivity index (χ3v) is 5.35. The van der Waals surface area contributed by atoms with E-state index in [0.717, 1.165) is 18.8 Å². The first-order valence-electron chi connectivity index (χ1n) is 7.25. The number of thiazole rings is 1. The molecule has 19 heavy (non-hydrogen) atoms. The standard InChI is InChI=1S/C15H28N2S2/c1-5-7-15(11-18,8-6-2)10-17(4)9-14-13(3)16-12-19-14/h12,18H,5-11H2,1-4H3. The zero-order valence-corrected chi connectivity index (χ0v) is 14.5. The van der Waals surface area contributed by atoms with Gasteiger partial charge >= 0.3 is 0 Å². The summed E-state index contributed by atoms with van der Waals surface area (Å²) in [5.74, 6) is 0.987. The second-order valence-corrected chi connectivity index (χ2v) is 6.95. The average molecular weight is 301 g/mol. The normalized spacial score (nSPS) is 12.3. The fourth-order valence-electron chi connectivity index (χ4n) is 2.90. The second kappa shape index (κ2) is 8.28. The average Bonchev–Trinajstić information content (AvgIpc) is 2.75. The summed E-state index contributed by atoms with van der Waals surface area (Å²) in [7, 11) is 2.22. The lowest BCUT2D eigenvalue weighted by atomic mass is 9.80. The molecule has 110 valence electrons. The molecule has 0 fully saturated rings. The van der Waals surface area contributed by atoms with Crippen molar-refractivity contribution < 1.29 is 0 Å². The predicted octanol–water partition coefficient (Wildman–Crippen LogP) is 4.40. The number of rotatable bonds is 9. The Balaban J connectivity index is 2.64. The van der Waals surface area contributed by atoms with Gasteiger partial charge in [0.25, 0.3) is 0 Å². The van der Waals surface area contributed by atoms with Crippen LogP contribution in [0.25, 0.3) is 0 Å². The van der Waals surface area contributed by atoms with Crippen LogP contribution in [0.2, 0.25) is 0 Å². The van der Waals surface area contributed by atoms with E-state index < -0.39 is 0 Å². The van der Waals surface area contributed by atoms with E-state index in [4.69, 9.17) is 0 Å².